The Bertz CT molecular complexity index is 4190. The Balaban J connectivity index is 1.17. The van der Waals surface area contributed by atoms with E-state index in [0.717, 1.165) is 24.9 Å². The Morgan fingerprint density at radius 2 is 0.936 bits per heavy atom. The molecule has 12 aromatic rings. The summed E-state index contributed by atoms with van der Waals surface area (Å²) in [5.74, 6) is 0. The molecule has 1 radical (unpaired) electrons. The van der Waals surface area contributed by atoms with Crippen LogP contribution in [0.15, 0.2) is 237 Å². The highest BCUT2D eigenvalue weighted by Crippen LogP contribution is 2.47. The van der Waals surface area contributed by atoms with Crippen LogP contribution in [-0.2, 0) is 24.7 Å². The van der Waals surface area contributed by atoms with Crippen LogP contribution in [0.25, 0.3) is 76.8 Å². The van der Waals surface area contributed by atoms with Crippen LogP contribution in [0.4, 0.5) is 17.1 Å². The van der Waals surface area contributed by atoms with Crippen LogP contribution in [0.3, 0.4) is 0 Å². The quantitative estimate of drug-likeness (QED) is 0.0975. The fraction of sp³-hybridized carbons (Fsp3) is 0.132. The molecule has 1 heterocycles. The van der Waals surface area contributed by atoms with Gasteiger partial charge in [-0.3, -0.25) is 0 Å². The molecule has 0 aliphatic carbocycles. The number of hydrogen-bond donors (Lipinski definition) is 0. The molecule has 0 atom stereocenters. The molecule has 1 aliphatic heterocycles. The minimum atomic E-state index is -0.111. The van der Waals surface area contributed by atoms with Gasteiger partial charge in [-0.15, -0.1) is 0 Å². The van der Waals surface area contributed by atoms with Crippen molar-refractivity contribution in [2.75, 3.05) is 4.90 Å². The van der Waals surface area contributed by atoms with Crippen molar-refractivity contribution in [3.05, 3.63) is 281 Å². The van der Waals surface area contributed by atoms with Crippen molar-refractivity contribution in [2.45, 2.75) is 66.2 Å². The number of rotatable bonds is 10. The Morgan fingerprint density at radius 1 is 0.410 bits per heavy atom. The maximum absolute atomic E-state index is 2.62. The zero-order chi connectivity index (χ0) is 53.1. The summed E-state index contributed by atoms with van der Waals surface area (Å²) in [5.41, 5.74) is 26.2. The van der Waals surface area contributed by atoms with Crippen LogP contribution < -0.4 is 15.8 Å². The van der Waals surface area contributed by atoms with Crippen molar-refractivity contribution in [1.82, 2.24) is 0 Å². The van der Waals surface area contributed by atoms with Crippen molar-refractivity contribution in [3.63, 3.8) is 0 Å². The van der Waals surface area contributed by atoms with Gasteiger partial charge in [0.15, 0.2) is 7.28 Å². The summed E-state index contributed by atoms with van der Waals surface area (Å²) < 4.78 is 0. The smallest absolute Gasteiger partial charge is 0.197 e. The zero-order valence-electron chi connectivity index (χ0n) is 45.7. The van der Waals surface area contributed by atoms with Crippen LogP contribution in [0.5, 0.6) is 0 Å². The molecule has 0 aromatic heterocycles. The van der Waals surface area contributed by atoms with E-state index in [2.05, 4.69) is 290 Å². The minimum absolute atomic E-state index is 0.111. The molecule has 0 N–H and O–H groups in total. The molecule has 0 saturated carbocycles. The summed E-state index contributed by atoms with van der Waals surface area (Å²) in [7, 11) is 2.55. The summed E-state index contributed by atoms with van der Waals surface area (Å²) in [6.07, 6.45) is 2.62. The highest BCUT2D eigenvalue weighted by Gasteiger charge is 2.32. The second kappa shape index (κ2) is 20.0. The van der Waals surface area contributed by atoms with E-state index < -0.39 is 0 Å². The Morgan fingerprint density at radius 3 is 1.51 bits per heavy atom. The first-order valence-corrected chi connectivity index (χ1v) is 27.9. The van der Waals surface area contributed by atoms with Crippen LogP contribution in [-0.4, -0.2) is 7.28 Å². The van der Waals surface area contributed by atoms with Gasteiger partial charge in [-0.25, -0.2) is 0 Å². The van der Waals surface area contributed by atoms with Gasteiger partial charge in [0.25, 0.3) is 0 Å². The molecule has 1 aliphatic rings. The van der Waals surface area contributed by atoms with E-state index in [1.807, 2.05) is 0 Å². The number of benzene rings is 12. The SMILES string of the molecule is CCc1ccc(C)c(-c2cc(C(C)(C)C)cc(-c3c4c(cc5ccccc35)N(c3cc(-c5ccccc5)cc(-c5ccccc5)c3)c3cc5c(Cc6ccccc6)c6ccccc6c(Cc6ccccc6)c5cc3[B]4)c2C)c1. The average molecular weight is 1000 g/mol. The van der Waals surface area contributed by atoms with Gasteiger partial charge in [-0.05, 0) is 196 Å². The van der Waals surface area contributed by atoms with E-state index in [1.165, 1.54) is 144 Å². The number of aryl methyl sites for hydroxylation is 2. The van der Waals surface area contributed by atoms with Gasteiger partial charge in [0, 0.05) is 17.1 Å². The summed E-state index contributed by atoms with van der Waals surface area (Å²) in [6, 6.07) is 89.1. The zero-order valence-corrected chi connectivity index (χ0v) is 45.7. The molecule has 12 aromatic carbocycles. The minimum Gasteiger partial charge on any atom is -0.311 e. The van der Waals surface area contributed by atoms with Crippen LogP contribution >= 0.6 is 0 Å². The maximum Gasteiger partial charge on any atom is 0.197 e. The van der Waals surface area contributed by atoms with Crippen molar-refractivity contribution in [3.8, 4) is 44.5 Å². The summed E-state index contributed by atoms with van der Waals surface area (Å²) in [5, 5.41) is 7.67. The molecule has 0 fully saturated rings. The van der Waals surface area contributed by atoms with Crippen molar-refractivity contribution in [1.29, 1.82) is 0 Å². The van der Waals surface area contributed by atoms with Gasteiger partial charge >= 0.3 is 0 Å². The van der Waals surface area contributed by atoms with Gasteiger partial charge in [0.2, 0.25) is 0 Å². The van der Waals surface area contributed by atoms with Crippen molar-refractivity contribution < 1.29 is 0 Å². The lowest BCUT2D eigenvalue weighted by atomic mass is 9.57. The first kappa shape index (κ1) is 48.9. The molecule has 0 saturated heterocycles. The molecule has 2 heteroatoms. The fourth-order valence-electron chi connectivity index (χ4n) is 12.4. The summed E-state index contributed by atoms with van der Waals surface area (Å²) >= 11 is 0. The fourth-order valence-corrected chi connectivity index (χ4v) is 12.4. The normalized spacial score (nSPS) is 12.2. The monoisotopic (exact) mass is 1000 g/mol. The predicted molar refractivity (Wildman–Crippen MR) is 336 cm³/mol. The molecule has 13 rings (SSSR count). The van der Waals surface area contributed by atoms with E-state index in [4.69, 9.17) is 0 Å². The molecule has 375 valence electrons. The molecule has 78 heavy (non-hydrogen) atoms. The van der Waals surface area contributed by atoms with E-state index >= 15 is 0 Å². The Kier molecular flexibility index (Phi) is 12.5. The van der Waals surface area contributed by atoms with Crippen LogP contribution in [0, 0.1) is 13.8 Å². The van der Waals surface area contributed by atoms with Gasteiger partial charge in [-0.1, -0.05) is 239 Å². The number of hydrogen-bond acceptors (Lipinski definition) is 1. The van der Waals surface area contributed by atoms with E-state index in [0.29, 0.717) is 0 Å². The largest absolute Gasteiger partial charge is 0.311 e. The van der Waals surface area contributed by atoms with Gasteiger partial charge in [-0.2, -0.15) is 0 Å². The maximum atomic E-state index is 2.62. The molecule has 0 amide bonds. The molecule has 0 bridgehead atoms. The lowest BCUT2D eigenvalue weighted by Gasteiger charge is -2.37. The van der Waals surface area contributed by atoms with E-state index in [9.17, 15) is 0 Å². The van der Waals surface area contributed by atoms with Gasteiger partial charge in [0.05, 0.1) is 0 Å². The Labute approximate surface area is 461 Å². The topological polar surface area (TPSA) is 3.24 Å². The van der Waals surface area contributed by atoms with E-state index in [1.54, 1.807) is 0 Å². The number of anilines is 3. The highest BCUT2D eigenvalue weighted by atomic mass is 15.1. The molecular weight excluding hydrogens is 938 g/mol. The van der Waals surface area contributed by atoms with Crippen molar-refractivity contribution >= 4 is 67.6 Å². The van der Waals surface area contributed by atoms with E-state index in [-0.39, 0.29) is 5.41 Å². The summed E-state index contributed by atoms with van der Waals surface area (Å²) in [6.45, 7) is 14.0. The Hall–Kier alpha value is -8.72. The first-order chi connectivity index (χ1) is 38.1. The second-order valence-electron chi connectivity index (χ2n) is 22.6. The molecule has 1 nitrogen and oxygen atoms in total. The molecular formula is C76H63BN. The first-order valence-electron chi connectivity index (χ1n) is 27.9. The predicted octanol–water partition coefficient (Wildman–Crippen LogP) is 18.9. The molecule has 0 spiro atoms. The lowest BCUT2D eigenvalue weighted by molar-refractivity contribution is 0.590. The second-order valence-corrected chi connectivity index (χ2v) is 22.6. The lowest BCUT2D eigenvalue weighted by Crippen LogP contribution is -2.41. The van der Waals surface area contributed by atoms with Crippen molar-refractivity contribution in [2.24, 2.45) is 0 Å². The summed E-state index contributed by atoms with van der Waals surface area (Å²) in [4.78, 5) is 2.62. The van der Waals surface area contributed by atoms with Gasteiger partial charge in [0.1, 0.15) is 0 Å². The standard InChI is InChI=1S/C76H63BN/c1-7-51-37-36-49(2)64(38-51)65-45-59(76(4,5)6)46-66(50(65)3)74-61-33-21-20-32-56(61)44-73-75(74)77-71-47-69-67(39-52-24-12-8-13-25-52)62-34-22-23-35-63(62)68(40-53-26-14-9-15-27-53)70(69)48-72(71)78(73)60-42-57(54-28-16-10-17-29-54)41-58(43-60)55-30-18-11-19-31-55/h8-38,41-48H,7,39-40H2,1-6H3. The third-order valence-corrected chi connectivity index (χ3v) is 16.6. The number of fused-ring (bicyclic) bond motifs is 5. The third kappa shape index (κ3) is 8.90. The van der Waals surface area contributed by atoms with Crippen LogP contribution in [0.2, 0.25) is 0 Å². The third-order valence-electron chi connectivity index (χ3n) is 16.6. The molecule has 0 unspecified atom stereocenters. The van der Waals surface area contributed by atoms with Gasteiger partial charge < -0.3 is 4.90 Å². The number of nitrogens with zero attached hydrogens (tertiary/aromatic N) is 1. The average Bonchev–Trinajstić information content (AvgIpc) is 3.48. The highest BCUT2D eigenvalue weighted by molar-refractivity contribution is 6.74. The van der Waals surface area contributed by atoms with Crippen LogP contribution in [0.1, 0.15) is 72.2 Å².